The van der Waals surface area contributed by atoms with Crippen molar-refractivity contribution in [1.29, 1.82) is 0 Å². The average Bonchev–Trinajstić information content (AvgIpc) is 2.75. The minimum atomic E-state index is -0.558. The van der Waals surface area contributed by atoms with Gasteiger partial charge in [-0.3, -0.25) is 9.59 Å². The number of hydrogen-bond acceptors (Lipinski definition) is 3. The number of amides is 2. The Kier molecular flexibility index (Phi) is 7.63. The van der Waals surface area contributed by atoms with E-state index in [9.17, 15) is 9.59 Å². The van der Waals surface area contributed by atoms with E-state index in [0.29, 0.717) is 23.1 Å². The van der Waals surface area contributed by atoms with Gasteiger partial charge < -0.3 is 16.4 Å². The first-order valence-electron chi connectivity index (χ1n) is 11.0. The Labute approximate surface area is 179 Å². The first-order chi connectivity index (χ1) is 14.5. The maximum absolute atomic E-state index is 12.5. The lowest BCUT2D eigenvalue weighted by Gasteiger charge is -2.25. The Morgan fingerprint density at radius 1 is 1.00 bits per heavy atom. The fraction of sp³-hybridized carbons (Fsp3) is 0.440. The van der Waals surface area contributed by atoms with Crippen LogP contribution in [0.1, 0.15) is 79.4 Å². The number of benzene rings is 2. The molecule has 4 N–H and O–H groups in total. The van der Waals surface area contributed by atoms with Gasteiger partial charge in [0.05, 0.1) is 17.8 Å². The molecule has 1 unspecified atom stereocenters. The zero-order valence-electron chi connectivity index (χ0n) is 18.0. The van der Waals surface area contributed by atoms with Gasteiger partial charge in [0.15, 0.2) is 0 Å². The fourth-order valence-corrected chi connectivity index (χ4v) is 4.35. The second-order valence-electron chi connectivity index (χ2n) is 8.56. The molecule has 2 amide bonds. The lowest BCUT2D eigenvalue weighted by Crippen LogP contribution is -2.34. The van der Waals surface area contributed by atoms with Gasteiger partial charge in [0.2, 0.25) is 5.91 Å². The first-order valence-corrected chi connectivity index (χ1v) is 11.0. The van der Waals surface area contributed by atoms with Crippen LogP contribution in [0, 0.1) is 5.92 Å². The Balaban J connectivity index is 1.62. The highest BCUT2D eigenvalue weighted by molar-refractivity contribution is 6.03. The van der Waals surface area contributed by atoms with Gasteiger partial charge in [-0.15, -0.1) is 0 Å². The summed E-state index contributed by atoms with van der Waals surface area (Å²) in [5.74, 6) is 0.260. The Morgan fingerprint density at radius 3 is 2.30 bits per heavy atom. The van der Waals surface area contributed by atoms with Crippen LogP contribution in [-0.2, 0) is 4.79 Å². The summed E-state index contributed by atoms with van der Waals surface area (Å²) in [5, 5.41) is 6.16. The molecule has 0 bridgehead atoms. The third-order valence-corrected chi connectivity index (χ3v) is 5.99. The number of hydrogen-bond donors (Lipinski definition) is 3. The van der Waals surface area contributed by atoms with E-state index in [2.05, 4.69) is 48.7 Å². The molecule has 1 saturated carbocycles. The van der Waals surface area contributed by atoms with Crippen LogP contribution in [0.3, 0.4) is 0 Å². The molecule has 2 aromatic carbocycles. The number of anilines is 1. The summed E-state index contributed by atoms with van der Waals surface area (Å²) < 4.78 is 0. The molecule has 5 heteroatoms. The molecular weight excluding hydrogens is 374 g/mol. The van der Waals surface area contributed by atoms with Crippen molar-refractivity contribution in [2.75, 3.05) is 11.9 Å². The maximum atomic E-state index is 12.5. The number of primary amides is 1. The summed E-state index contributed by atoms with van der Waals surface area (Å²) in [7, 11) is 0. The molecule has 5 nitrogen and oxygen atoms in total. The molecule has 1 aliphatic carbocycles. The van der Waals surface area contributed by atoms with Crippen molar-refractivity contribution in [1.82, 2.24) is 5.32 Å². The zero-order chi connectivity index (χ0) is 21.5. The summed E-state index contributed by atoms with van der Waals surface area (Å²) in [6.07, 6.45) is 6.60. The van der Waals surface area contributed by atoms with Crippen molar-refractivity contribution in [3.05, 3.63) is 65.2 Å². The van der Waals surface area contributed by atoms with Crippen LogP contribution in [0.15, 0.2) is 48.5 Å². The molecule has 2 aromatic rings. The predicted octanol–water partition coefficient (Wildman–Crippen LogP) is 4.76. The third kappa shape index (κ3) is 5.70. The first kappa shape index (κ1) is 22.0. The van der Waals surface area contributed by atoms with Gasteiger partial charge in [0.25, 0.3) is 5.91 Å². The Bertz CT molecular complexity index is 855. The number of carbonyl (C=O) groups is 2. The van der Waals surface area contributed by atoms with E-state index < -0.39 is 5.91 Å². The van der Waals surface area contributed by atoms with Crippen LogP contribution in [-0.4, -0.2) is 18.4 Å². The van der Waals surface area contributed by atoms with Crippen LogP contribution in [0.25, 0.3) is 0 Å². The topological polar surface area (TPSA) is 84.2 Å². The van der Waals surface area contributed by atoms with E-state index in [1.54, 1.807) is 24.3 Å². The molecule has 0 radical (unpaired) electrons. The highest BCUT2D eigenvalue weighted by Gasteiger charge is 2.19. The van der Waals surface area contributed by atoms with E-state index in [0.717, 1.165) is 0 Å². The predicted molar refractivity (Wildman–Crippen MR) is 121 cm³/mol. The van der Waals surface area contributed by atoms with E-state index in [1.165, 1.54) is 43.2 Å². The minimum absolute atomic E-state index is 0.0718. The van der Waals surface area contributed by atoms with Crippen molar-refractivity contribution in [3.8, 4) is 0 Å². The molecule has 0 heterocycles. The summed E-state index contributed by atoms with van der Waals surface area (Å²) in [4.78, 5) is 24.0. The van der Waals surface area contributed by atoms with Crippen LogP contribution in [0.4, 0.5) is 5.69 Å². The summed E-state index contributed by atoms with van der Waals surface area (Å²) in [5.41, 5.74) is 8.76. The van der Waals surface area contributed by atoms with Crippen molar-refractivity contribution < 1.29 is 9.59 Å². The van der Waals surface area contributed by atoms with Crippen molar-refractivity contribution in [2.45, 2.75) is 57.9 Å². The lowest BCUT2D eigenvalue weighted by atomic mass is 9.83. The number of para-hydroxylation sites is 1. The largest absolute Gasteiger partial charge is 0.366 e. The standard InChI is InChI=1S/C25H33N3O2/c1-17(2)24(20-14-12-19(13-15-20)18-8-4-3-5-9-18)27-16-23(29)28-22-11-7-6-10-21(22)25(26)30/h6-7,10-15,17-18,24,27H,3-5,8-9,16H2,1-2H3,(H2,26,30)(H,28,29). The number of rotatable bonds is 8. The molecule has 0 spiro atoms. The molecule has 3 rings (SSSR count). The summed E-state index contributed by atoms with van der Waals surface area (Å²) >= 11 is 0. The van der Waals surface area contributed by atoms with E-state index in [1.807, 2.05) is 0 Å². The van der Waals surface area contributed by atoms with Crippen LogP contribution < -0.4 is 16.4 Å². The van der Waals surface area contributed by atoms with Crippen molar-refractivity contribution in [2.24, 2.45) is 11.7 Å². The second kappa shape index (κ2) is 10.4. The molecule has 1 fully saturated rings. The SMILES string of the molecule is CC(C)C(NCC(=O)Nc1ccccc1C(N)=O)c1ccc(C2CCCCC2)cc1. The van der Waals surface area contributed by atoms with Crippen LogP contribution >= 0.6 is 0 Å². The van der Waals surface area contributed by atoms with E-state index in [4.69, 9.17) is 5.73 Å². The fourth-order valence-electron chi connectivity index (χ4n) is 4.35. The van der Waals surface area contributed by atoms with Gasteiger partial charge in [0, 0.05) is 6.04 Å². The molecule has 0 aromatic heterocycles. The highest BCUT2D eigenvalue weighted by Crippen LogP contribution is 2.33. The summed E-state index contributed by atoms with van der Waals surface area (Å²) in [6.45, 7) is 4.44. The molecule has 0 aliphatic heterocycles. The number of nitrogens with one attached hydrogen (secondary N) is 2. The van der Waals surface area contributed by atoms with Gasteiger partial charge in [-0.25, -0.2) is 0 Å². The van der Waals surface area contributed by atoms with Gasteiger partial charge >= 0.3 is 0 Å². The molecule has 1 atom stereocenters. The quantitative estimate of drug-likeness (QED) is 0.590. The smallest absolute Gasteiger partial charge is 0.250 e. The monoisotopic (exact) mass is 407 g/mol. The third-order valence-electron chi connectivity index (χ3n) is 5.99. The van der Waals surface area contributed by atoms with Gasteiger partial charge in [-0.2, -0.15) is 0 Å². The second-order valence-corrected chi connectivity index (χ2v) is 8.56. The normalized spacial score (nSPS) is 15.7. The zero-order valence-corrected chi connectivity index (χ0v) is 18.0. The maximum Gasteiger partial charge on any atom is 0.250 e. The molecule has 0 saturated heterocycles. The van der Waals surface area contributed by atoms with E-state index >= 15 is 0 Å². The molecule has 160 valence electrons. The molecule has 30 heavy (non-hydrogen) atoms. The number of carbonyl (C=O) groups excluding carboxylic acids is 2. The van der Waals surface area contributed by atoms with Gasteiger partial charge in [-0.05, 0) is 47.9 Å². The van der Waals surface area contributed by atoms with Crippen molar-refractivity contribution in [3.63, 3.8) is 0 Å². The van der Waals surface area contributed by atoms with Crippen molar-refractivity contribution >= 4 is 17.5 Å². The Morgan fingerprint density at radius 2 is 1.67 bits per heavy atom. The van der Waals surface area contributed by atoms with Crippen LogP contribution in [0.2, 0.25) is 0 Å². The van der Waals surface area contributed by atoms with E-state index in [-0.39, 0.29) is 18.5 Å². The minimum Gasteiger partial charge on any atom is -0.366 e. The number of nitrogens with two attached hydrogens (primary N) is 1. The summed E-state index contributed by atoms with van der Waals surface area (Å²) in [6, 6.07) is 15.8. The lowest BCUT2D eigenvalue weighted by molar-refractivity contribution is -0.115. The van der Waals surface area contributed by atoms with Crippen LogP contribution in [0.5, 0.6) is 0 Å². The molecular formula is C25H33N3O2. The highest BCUT2D eigenvalue weighted by atomic mass is 16.2. The Hall–Kier alpha value is -2.66. The molecule has 1 aliphatic rings. The van der Waals surface area contributed by atoms with Gasteiger partial charge in [0.1, 0.15) is 0 Å². The van der Waals surface area contributed by atoms with Gasteiger partial charge in [-0.1, -0.05) is 69.5 Å². The average molecular weight is 408 g/mol.